The molecule has 1 aromatic carbocycles. The number of aliphatic carboxylic acids is 1. The Hall–Kier alpha value is -2.40. The van der Waals surface area contributed by atoms with Gasteiger partial charge in [-0.05, 0) is 47.7 Å². The van der Waals surface area contributed by atoms with Crippen molar-refractivity contribution in [2.75, 3.05) is 0 Å². The lowest BCUT2D eigenvalue weighted by molar-refractivity contribution is -0.136. The molecule has 0 atom stereocenters. The summed E-state index contributed by atoms with van der Waals surface area (Å²) in [5.41, 5.74) is 4.11. The summed E-state index contributed by atoms with van der Waals surface area (Å²) in [5.74, 6) is -1.10. The predicted octanol–water partition coefficient (Wildman–Crippen LogP) is 4.93. The molecular formula is C19H18ClFN2O2. The fraction of sp³-hybridized carbons (Fsp3) is 0.263. The third-order valence-corrected chi connectivity index (χ3v) is 4.44. The molecule has 0 fully saturated rings. The van der Waals surface area contributed by atoms with Crippen LogP contribution in [-0.2, 0) is 11.2 Å². The summed E-state index contributed by atoms with van der Waals surface area (Å²) in [7, 11) is 0. The van der Waals surface area contributed by atoms with Crippen LogP contribution in [0.3, 0.4) is 0 Å². The first-order valence-electron chi connectivity index (χ1n) is 8.06. The highest BCUT2D eigenvalue weighted by atomic mass is 35.5. The molecule has 0 spiro atoms. The van der Waals surface area contributed by atoms with Gasteiger partial charge in [-0.2, -0.15) is 5.10 Å². The average Bonchev–Trinajstić information content (AvgIpc) is 2.93. The minimum absolute atomic E-state index is 0.000207. The summed E-state index contributed by atoms with van der Waals surface area (Å²) >= 11 is 6.26. The molecule has 4 nitrogen and oxygen atoms in total. The molecule has 3 aromatic rings. The van der Waals surface area contributed by atoms with E-state index in [2.05, 4.69) is 5.10 Å². The maximum atomic E-state index is 13.4. The van der Waals surface area contributed by atoms with Crippen molar-refractivity contribution in [2.45, 2.75) is 32.6 Å². The zero-order valence-electron chi connectivity index (χ0n) is 14.0. The van der Waals surface area contributed by atoms with Gasteiger partial charge in [0.15, 0.2) is 0 Å². The first-order chi connectivity index (χ1) is 11.9. The van der Waals surface area contributed by atoms with Crippen LogP contribution in [0, 0.1) is 5.82 Å². The van der Waals surface area contributed by atoms with Gasteiger partial charge in [0.05, 0.1) is 11.2 Å². The molecule has 0 aliphatic rings. The Morgan fingerprint density at radius 2 is 1.92 bits per heavy atom. The second-order valence-corrected chi connectivity index (χ2v) is 6.63. The van der Waals surface area contributed by atoms with Crippen LogP contribution in [-0.4, -0.2) is 20.7 Å². The van der Waals surface area contributed by atoms with Crippen molar-refractivity contribution in [3.63, 3.8) is 0 Å². The Kier molecular flexibility index (Phi) is 4.77. The number of hydrogen-bond acceptors (Lipinski definition) is 2. The van der Waals surface area contributed by atoms with Gasteiger partial charge in [-0.25, -0.2) is 8.91 Å². The molecule has 0 bridgehead atoms. The molecular weight excluding hydrogens is 343 g/mol. The van der Waals surface area contributed by atoms with Gasteiger partial charge in [0, 0.05) is 12.0 Å². The minimum Gasteiger partial charge on any atom is -0.481 e. The Balaban J connectivity index is 2.33. The Morgan fingerprint density at radius 1 is 1.24 bits per heavy atom. The first-order valence-corrected chi connectivity index (χ1v) is 8.44. The molecule has 0 saturated heterocycles. The fourth-order valence-electron chi connectivity index (χ4n) is 3.03. The molecule has 0 amide bonds. The number of hydrogen-bond donors (Lipinski definition) is 1. The number of aromatic nitrogens is 2. The number of carboxylic acid groups (broad SMARTS) is 1. The molecule has 2 heterocycles. The third-order valence-electron chi connectivity index (χ3n) is 4.15. The number of benzene rings is 1. The smallest absolute Gasteiger partial charge is 0.303 e. The van der Waals surface area contributed by atoms with Gasteiger partial charge in [0.1, 0.15) is 11.0 Å². The molecule has 1 N–H and O–H groups in total. The van der Waals surface area contributed by atoms with Crippen LogP contribution in [0.15, 0.2) is 36.4 Å². The van der Waals surface area contributed by atoms with E-state index in [1.807, 2.05) is 19.9 Å². The van der Waals surface area contributed by atoms with Gasteiger partial charge >= 0.3 is 5.97 Å². The Morgan fingerprint density at radius 3 is 2.52 bits per heavy atom. The van der Waals surface area contributed by atoms with E-state index in [9.17, 15) is 9.18 Å². The lowest BCUT2D eigenvalue weighted by Crippen LogP contribution is -2.10. The van der Waals surface area contributed by atoms with Crippen LogP contribution in [0.4, 0.5) is 4.39 Å². The highest BCUT2D eigenvalue weighted by molar-refractivity contribution is 6.30. The second-order valence-electron chi connectivity index (χ2n) is 6.25. The van der Waals surface area contributed by atoms with Crippen molar-refractivity contribution in [2.24, 2.45) is 0 Å². The van der Waals surface area contributed by atoms with Gasteiger partial charge < -0.3 is 5.11 Å². The minimum atomic E-state index is -0.868. The lowest BCUT2D eigenvalue weighted by atomic mass is 9.91. The van der Waals surface area contributed by atoms with Gasteiger partial charge in [-0.1, -0.05) is 37.6 Å². The number of rotatable bonds is 5. The van der Waals surface area contributed by atoms with Crippen molar-refractivity contribution >= 4 is 23.1 Å². The highest BCUT2D eigenvalue weighted by Crippen LogP contribution is 2.35. The van der Waals surface area contributed by atoms with Gasteiger partial charge in [-0.3, -0.25) is 4.79 Å². The number of halogens is 2. The van der Waals surface area contributed by atoms with Crippen LogP contribution < -0.4 is 0 Å². The molecule has 6 heteroatoms. The molecule has 130 valence electrons. The summed E-state index contributed by atoms with van der Waals surface area (Å²) < 4.78 is 15.0. The topological polar surface area (TPSA) is 54.6 Å². The van der Waals surface area contributed by atoms with E-state index in [-0.39, 0.29) is 18.2 Å². The summed E-state index contributed by atoms with van der Waals surface area (Å²) in [4.78, 5) is 11.1. The lowest BCUT2D eigenvalue weighted by Gasteiger charge is -2.18. The van der Waals surface area contributed by atoms with Gasteiger partial charge in [-0.15, -0.1) is 0 Å². The molecule has 2 aromatic heterocycles. The van der Waals surface area contributed by atoms with Crippen molar-refractivity contribution in [1.82, 2.24) is 9.61 Å². The summed E-state index contributed by atoms with van der Waals surface area (Å²) in [6.07, 6.45) is 0.349. The number of nitrogens with zero attached hydrogens (tertiary/aromatic N) is 2. The summed E-state index contributed by atoms with van der Waals surface area (Å²) in [6, 6.07) is 9.78. The van der Waals surface area contributed by atoms with Gasteiger partial charge in [0.2, 0.25) is 0 Å². The monoisotopic (exact) mass is 360 g/mol. The van der Waals surface area contributed by atoms with E-state index >= 15 is 0 Å². The molecule has 0 aliphatic heterocycles. The third kappa shape index (κ3) is 3.37. The number of fused-ring (bicyclic) bond motifs is 1. The zero-order valence-corrected chi connectivity index (χ0v) is 14.7. The number of carboxylic acids is 1. The first kappa shape index (κ1) is 17.4. The molecule has 0 saturated carbocycles. The van der Waals surface area contributed by atoms with Crippen molar-refractivity contribution in [1.29, 1.82) is 0 Å². The summed E-state index contributed by atoms with van der Waals surface area (Å²) in [5, 5.41) is 14.2. The Labute approximate surface area is 149 Å². The largest absolute Gasteiger partial charge is 0.481 e. The van der Waals surface area contributed by atoms with Crippen LogP contribution in [0.1, 0.15) is 37.4 Å². The SMILES string of the molecule is CC(C)c1nn2c(Cl)ccc2c(-c2ccc(F)cc2)c1CCC(=O)O. The van der Waals surface area contributed by atoms with Crippen molar-refractivity contribution < 1.29 is 14.3 Å². The molecule has 0 radical (unpaired) electrons. The fourth-order valence-corrected chi connectivity index (χ4v) is 3.23. The normalized spacial score (nSPS) is 11.4. The van der Waals surface area contributed by atoms with Crippen LogP contribution in [0.25, 0.3) is 16.6 Å². The van der Waals surface area contributed by atoms with E-state index in [4.69, 9.17) is 16.7 Å². The predicted molar refractivity (Wildman–Crippen MR) is 95.6 cm³/mol. The van der Waals surface area contributed by atoms with E-state index in [0.29, 0.717) is 11.6 Å². The quantitative estimate of drug-likeness (QED) is 0.701. The molecule has 3 rings (SSSR count). The van der Waals surface area contributed by atoms with Crippen molar-refractivity contribution in [3.8, 4) is 11.1 Å². The molecule has 0 unspecified atom stereocenters. The van der Waals surface area contributed by atoms with Crippen molar-refractivity contribution in [3.05, 3.63) is 58.6 Å². The van der Waals surface area contributed by atoms with Gasteiger partial charge in [0.25, 0.3) is 0 Å². The highest BCUT2D eigenvalue weighted by Gasteiger charge is 2.20. The molecule has 0 aliphatic carbocycles. The van der Waals surface area contributed by atoms with Crippen LogP contribution >= 0.6 is 11.6 Å². The van der Waals surface area contributed by atoms with E-state index in [1.165, 1.54) is 12.1 Å². The van der Waals surface area contributed by atoms with Crippen LogP contribution in [0.2, 0.25) is 5.15 Å². The Bertz CT molecular complexity index is 933. The van der Waals surface area contributed by atoms with Crippen LogP contribution in [0.5, 0.6) is 0 Å². The van der Waals surface area contributed by atoms with E-state index in [1.54, 1.807) is 22.7 Å². The zero-order chi connectivity index (χ0) is 18.1. The second kappa shape index (κ2) is 6.84. The standard InChI is InChI=1S/C19H18ClFN2O2/c1-11(2)19-14(7-10-17(24)25)18(12-3-5-13(21)6-4-12)15-8-9-16(20)23(15)22-19/h3-6,8-9,11H,7,10H2,1-2H3,(H,24,25). The number of carbonyl (C=O) groups is 1. The molecule has 25 heavy (non-hydrogen) atoms. The maximum absolute atomic E-state index is 13.4. The van der Waals surface area contributed by atoms with E-state index < -0.39 is 5.97 Å². The maximum Gasteiger partial charge on any atom is 0.303 e. The summed E-state index contributed by atoms with van der Waals surface area (Å²) in [6.45, 7) is 4.01. The average molecular weight is 361 g/mol. The van der Waals surface area contributed by atoms with E-state index in [0.717, 1.165) is 27.9 Å².